The van der Waals surface area contributed by atoms with E-state index in [4.69, 9.17) is 11.6 Å². The number of benzene rings is 1. The fourth-order valence-electron chi connectivity index (χ4n) is 4.81. The van der Waals surface area contributed by atoms with Gasteiger partial charge in [-0.05, 0) is 24.1 Å². The number of aromatic hydroxyl groups is 1. The number of aromatic nitrogens is 2. The third-order valence-corrected chi connectivity index (χ3v) is 8.09. The fraction of sp³-hybridized carbons (Fsp3) is 0.385. The Morgan fingerprint density at radius 2 is 1.92 bits per heavy atom. The van der Waals surface area contributed by atoms with Gasteiger partial charge in [0.25, 0.3) is 0 Å². The summed E-state index contributed by atoms with van der Waals surface area (Å²) in [6.45, 7) is 4.79. The molecule has 0 spiro atoms. The maximum absolute atomic E-state index is 12.9. The first-order valence-corrected chi connectivity index (χ1v) is 13.6. The number of nitrogens with one attached hydrogen (secondary N) is 1. The van der Waals surface area contributed by atoms with Crippen molar-refractivity contribution in [2.24, 2.45) is 0 Å². The minimum Gasteiger partial charge on any atom is -0.508 e. The average Bonchev–Trinajstić information content (AvgIpc) is 3.27. The number of phenols is 1. The number of piperazine rings is 1. The van der Waals surface area contributed by atoms with E-state index in [2.05, 4.69) is 20.2 Å². The summed E-state index contributed by atoms with van der Waals surface area (Å²) in [6, 6.07) is 4.83. The number of rotatable bonds is 5. The summed E-state index contributed by atoms with van der Waals surface area (Å²) in [6.07, 6.45) is 5.80. The highest BCUT2D eigenvalue weighted by Gasteiger charge is 2.26. The Balaban J connectivity index is 1.21. The van der Waals surface area contributed by atoms with Gasteiger partial charge < -0.3 is 25.1 Å². The van der Waals surface area contributed by atoms with Crippen LogP contribution in [-0.4, -0.2) is 100.0 Å². The van der Waals surface area contributed by atoms with Gasteiger partial charge in [-0.25, -0.2) is 14.8 Å². The lowest BCUT2D eigenvalue weighted by Gasteiger charge is -2.35. The topological polar surface area (TPSA) is 105 Å². The van der Waals surface area contributed by atoms with E-state index < -0.39 is 0 Å². The van der Waals surface area contributed by atoms with Crippen molar-refractivity contribution < 1.29 is 14.7 Å². The molecule has 38 heavy (non-hydrogen) atoms. The van der Waals surface area contributed by atoms with Crippen molar-refractivity contribution in [2.45, 2.75) is 13.0 Å². The number of fused-ring (bicyclic) bond motifs is 3. The molecule has 2 aliphatic rings. The van der Waals surface area contributed by atoms with Crippen LogP contribution < -0.4 is 5.32 Å². The van der Waals surface area contributed by atoms with Gasteiger partial charge in [-0.1, -0.05) is 17.7 Å². The number of anilines is 2. The van der Waals surface area contributed by atoms with Crippen molar-refractivity contribution in [1.82, 2.24) is 29.6 Å². The Hall–Kier alpha value is -3.41. The Bertz CT molecular complexity index is 1360. The molecule has 1 aromatic carbocycles. The Morgan fingerprint density at radius 3 is 2.66 bits per heavy atom. The minimum atomic E-state index is -0.00615. The summed E-state index contributed by atoms with van der Waals surface area (Å²) < 4.78 is 0. The molecule has 1 fully saturated rings. The van der Waals surface area contributed by atoms with Gasteiger partial charge in [0.05, 0.1) is 11.9 Å². The number of thiophene rings is 1. The van der Waals surface area contributed by atoms with Crippen LogP contribution in [0.15, 0.2) is 36.7 Å². The number of urea groups is 1. The average molecular weight is 556 g/mol. The first-order valence-electron chi connectivity index (χ1n) is 12.4. The SMILES string of the molecule is CN(C)C(=O)N1CCN(C/C=C/C(=O)N2CCc3c(sc4ncnc(Nc5cc(O)cc(Cl)c5)c34)C2)CC1. The standard InChI is InChI=1S/C26H30ClN7O3S/c1-31(2)26(37)33-10-8-32(9-11-33)6-3-4-22(36)34-7-5-20-21(15-34)38-25-23(20)24(28-16-29-25)30-18-12-17(27)13-19(35)14-18/h3-4,12-14,16,35H,5-11,15H2,1-2H3,(H,28,29,30)/b4-3+. The van der Waals surface area contributed by atoms with Gasteiger partial charge in [0.1, 0.15) is 22.7 Å². The van der Waals surface area contributed by atoms with Gasteiger partial charge in [0, 0.05) is 81.1 Å². The minimum absolute atomic E-state index is 0.00615. The molecule has 12 heteroatoms. The molecule has 2 aliphatic heterocycles. The third-order valence-electron chi connectivity index (χ3n) is 6.74. The zero-order valence-electron chi connectivity index (χ0n) is 21.4. The molecule has 3 amide bonds. The smallest absolute Gasteiger partial charge is 0.319 e. The summed E-state index contributed by atoms with van der Waals surface area (Å²) in [7, 11) is 3.53. The van der Waals surface area contributed by atoms with E-state index in [1.165, 1.54) is 12.4 Å². The van der Waals surface area contributed by atoms with E-state index in [9.17, 15) is 14.7 Å². The maximum Gasteiger partial charge on any atom is 0.319 e. The van der Waals surface area contributed by atoms with Gasteiger partial charge in [-0.2, -0.15) is 0 Å². The van der Waals surface area contributed by atoms with Crippen LogP contribution >= 0.6 is 22.9 Å². The molecule has 3 aromatic rings. The lowest BCUT2D eigenvalue weighted by molar-refractivity contribution is -0.126. The molecule has 0 bridgehead atoms. The predicted octanol–water partition coefficient (Wildman–Crippen LogP) is 3.53. The summed E-state index contributed by atoms with van der Waals surface area (Å²) in [5, 5.41) is 14.5. The fourth-order valence-corrected chi connectivity index (χ4v) is 6.24. The number of hydrogen-bond donors (Lipinski definition) is 2. The largest absolute Gasteiger partial charge is 0.508 e. The second-order valence-corrected chi connectivity index (χ2v) is 11.1. The second-order valence-electron chi connectivity index (χ2n) is 9.61. The molecule has 200 valence electrons. The van der Waals surface area contributed by atoms with E-state index in [1.807, 2.05) is 15.9 Å². The summed E-state index contributed by atoms with van der Waals surface area (Å²) in [5.41, 5.74) is 1.79. The number of amides is 3. The lowest BCUT2D eigenvalue weighted by atomic mass is 10.0. The summed E-state index contributed by atoms with van der Waals surface area (Å²) in [4.78, 5) is 43.5. The van der Waals surface area contributed by atoms with Gasteiger partial charge >= 0.3 is 6.03 Å². The lowest BCUT2D eigenvalue weighted by Crippen LogP contribution is -2.51. The molecule has 0 radical (unpaired) electrons. The molecule has 0 saturated carbocycles. The van der Waals surface area contributed by atoms with Crippen LogP contribution in [0.1, 0.15) is 10.4 Å². The van der Waals surface area contributed by atoms with Crippen molar-refractivity contribution >= 4 is 56.6 Å². The zero-order valence-corrected chi connectivity index (χ0v) is 22.9. The first-order chi connectivity index (χ1) is 18.3. The molecular weight excluding hydrogens is 526 g/mol. The molecule has 1 saturated heterocycles. The van der Waals surface area contributed by atoms with Gasteiger partial charge in [-0.15, -0.1) is 11.3 Å². The van der Waals surface area contributed by atoms with Crippen LogP contribution in [-0.2, 0) is 17.8 Å². The molecule has 10 nitrogen and oxygen atoms in total. The highest BCUT2D eigenvalue weighted by atomic mass is 35.5. The number of halogens is 1. The summed E-state index contributed by atoms with van der Waals surface area (Å²) >= 11 is 7.66. The van der Waals surface area contributed by atoms with E-state index in [-0.39, 0.29) is 17.7 Å². The van der Waals surface area contributed by atoms with Crippen LogP contribution in [0.5, 0.6) is 5.75 Å². The summed E-state index contributed by atoms with van der Waals surface area (Å²) in [5.74, 6) is 0.719. The van der Waals surface area contributed by atoms with Gasteiger partial charge in [-0.3, -0.25) is 9.69 Å². The van der Waals surface area contributed by atoms with Crippen molar-refractivity contribution in [3.05, 3.63) is 52.1 Å². The van der Waals surface area contributed by atoms with Crippen LogP contribution in [0.4, 0.5) is 16.3 Å². The van der Waals surface area contributed by atoms with E-state index in [1.54, 1.807) is 48.5 Å². The van der Waals surface area contributed by atoms with Crippen LogP contribution in [0.25, 0.3) is 10.2 Å². The van der Waals surface area contributed by atoms with E-state index in [0.29, 0.717) is 55.7 Å². The molecule has 4 heterocycles. The molecule has 2 aromatic heterocycles. The predicted molar refractivity (Wildman–Crippen MR) is 149 cm³/mol. The highest BCUT2D eigenvalue weighted by Crippen LogP contribution is 2.38. The third kappa shape index (κ3) is 5.69. The Morgan fingerprint density at radius 1 is 1.13 bits per heavy atom. The second kappa shape index (κ2) is 11.1. The number of hydrogen-bond acceptors (Lipinski definition) is 8. The zero-order chi connectivity index (χ0) is 26.8. The quantitative estimate of drug-likeness (QED) is 0.464. The van der Waals surface area contributed by atoms with Crippen molar-refractivity contribution in [2.75, 3.05) is 58.7 Å². The molecule has 5 rings (SSSR count). The molecular formula is C26H30ClN7O3S. The monoisotopic (exact) mass is 555 g/mol. The molecule has 0 aliphatic carbocycles. The van der Waals surface area contributed by atoms with Crippen LogP contribution in [0, 0.1) is 0 Å². The normalized spacial score (nSPS) is 16.2. The van der Waals surface area contributed by atoms with Crippen molar-refractivity contribution in [3.63, 3.8) is 0 Å². The number of nitrogens with zero attached hydrogens (tertiary/aromatic N) is 6. The van der Waals surface area contributed by atoms with Gasteiger partial charge in [0.2, 0.25) is 5.91 Å². The Labute approximate surface area is 230 Å². The number of phenolic OH excluding ortho intramolecular Hbond substituents is 1. The first kappa shape index (κ1) is 26.2. The van der Waals surface area contributed by atoms with E-state index >= 15 is 0 Å². The molecule has 0 unspecified atom stereocenters. The van der Waals surface area contributed by atoms with E-state index in [0.717, 1.165) is 33.7 Å². The van der Waals surface area contributed by atoms with Gasteiger partial charge in [0.15, 0.2) is 0 Å². The highest BCUT2D eigenvalue weighted by molar-refractivity contribution is 7.19. The molecule has 2 N–H and O–H groups in total. The Kier molecular flexibility index (Phi) is 7.68. The van der Waals surface area contributed by atoms with Crippen molar-refractivity contribution in [3.8, 4) is 5.75 Å². The maximum atomic E-state index is 12.9. The number of carbonyl (C=O) groups excluding carboxylic acids is 2. The van der Waals surface area contributed by atoms with Crippen LogP contribution in [0.3, 0.4) is 0 Å². The molecule has 0 atom stereocenters. The number of carbonyl (C=O) groups is 2. The van der Waals surface area contributed by atoms with Crippen LogP contribution in [0.2, 0.25) is 5.02 Å². The van der Waals surface area contributed by atoms with Crippen molar-refractivity contribution in [1.29, 1.82) is 0 Å².